The highest BCUT2D eigenvalue weighted by Crippen LogP contribution is 2.36. The third-order valence-electron chi connectivity index (χ3n) is 3.71. The van der Waals surface area contributed by atoms with Gasteiger partial charge in [-0.3, -0.25) is 0 Å². The van der Waals surface area contributed by atoms with E-state index in [0.717, 1.165) is 4.68 Å². The molecule has 110 valence electrons. The van der Waals surface area contributed by atoms with Crippen molar-refractivity contribution >= 4 is 12.6 Å². The highest BCUT2D eigenvalue weighted by molar-refractivity contribution is 6.61. The van der Waals surface area contributed by atoms with Crippen molar-refractivity contribution in [3.8, 4) is 5.95 Å². The summed E-state index contributed by atoms with van der Waals surface area (Å²) in [6, 6.07) is -0.586. The van der Waals surface area contributed by atoms with E-state index >= 15 is 0 Å². The van der Waals surface area contributed by atoms with E-state index < -0.39 is 43.1 Å². The molecule has 0 N–H and O–H groups in total. The van der Waals surface area contributed by atoms with Crippen molar-refractivity contribution in [3.05, 3.63) is 30.3 Å². The molecule has 0 saturated carbocycles. The first-order valence-electron chi connectivity index (χ1n) is 9.93. The van der Waals surface area contributed by atoms with Crippen molar-refractivity contribution in [2.75, 3.05) is 0 Å². The third-order valence-corrected chi connectivity index (χ3v) is 3.71. The van der Waals surface area contributed by atoms with Crippen molar-refractivity contribution in [2.24, 2.45) is 0 Å². The molecule has 0 atom stereocenters. The number of hydrogen-bond donors (Lipinski definition) is 0. The van der Waals surface area contributed by atoms with Crippen LogP contribution in [0.5, 0.6) is 0 Å². The highest BCUT2D eigenvalue weighted by atomic mass is 16.7. The van der Waals surface area contributed by atoms with E-state index in [1.54, 1.807) is 0 Å². The predicted molar refractivity (Wildman–Crippen MR) is 79.6 cm³/mol. The lowest BCUT2D eigenvalue weighted by molar-refractivity contribution is 0.00578. The molecule has 2 aromatic rings. The van der Waals surface area contributed by atoms with Gasteiger partial charge in [0.15, 0.2) is 0 Å². The second-order valence-electron chi connectivity index (χ2n) is 5.75. The molecule has 7 heteroatoms. The summed E-state index contributed by atoms with van der Waals surface area (Å²) in [5.41, 5.74) is -1.92. The van der Waals surface area contributed by atoms with Crippen LogP contribution in [0.3, 0.4) is 0 Å². The topological polar surface area (TPSA) is 62.1 Å². The van der Waals surface area contributed by atoms with Crippen molar-refractivity contribution in [2.45, 2.75) is 45.7 Å². The van der Waals surface area contributed by atoms with Crippen LogP contribution in [-0.2, 0) is 9.31 Å². The molecular formula is C14H19BN4O2. The Morgan fingerprint density at radius 2 is 1.81 bits per heavy atom. The van der Waals surface area contributed by atoms with E-state index in [9.17, 15) is 0 Å². The maximum Gasteiger partial charge on any atom is 0.498 e. The van der Waals surface area contributed by atoms with E-state index in [1.807, 2.05) is 27.7 Å². The second-order valence-corrected chi connectivity index (χ2v) is 5.75. The van der Waals surface area contributed by atoms with Crippen molar-refractivity contribution < 1.29 is 18.9 Å². The van der Waals surface area contributed by atoms with Crippen LogP contribution in [0.2, 0.25) is 0 Å². The zero-order valence-corrected chi connectivity index (χ0v) is 12.2. The Bertz CT molecular complexity index is 905. The molecule has 0 aliphatic carbocycles. The summed E-state index contributed by atoms with van der Waals surface area (Å²) in [6.45, 7) is 4.64. The Labute approximate surface area is 134 Å². The van der Waals surface area contributed by atoms with Crippen LogP contribution < -0.4 is 5.46 Å². The van der Waals surface area contributed by atoms with E-state index in [4.69, 9.17) is 18.9 Å². The van der Waals surface area contributed by atoms with Crippen LogP contribution in [0.25, 0.3) is 5.95 Å². The summed E-state index contributed by atoms with van der Waals surface area (Å²) < 4.78 is 66.7. The molecule has 3 heterocycles. The number of nitrogens with zero attached hydrogens (tertiary/aromatic N) is 4. The van der Waals surface area contributed by atoms with Crippen LogP contribution in [0.4, 0.5) is 0 Å². The molecule has 0 bridgehead atoms. The molecule has 21 heavy (non-hydrogen) atoms. The van der Waals surface area contributed by atoms with Crippen LogP contribution in [0.1, 0.15) is 43.0 Å². The molecule has 1 aliphatic rings. The fourth-order valence-electron chi connectivity index (χ4n) is 1.78. The van der Waals surface area contributed by atoms with Gasteiger partial charge < -0.3 is 9.31 Å². The fourth-order valence-corrected chi connectivity index (χ4v) is 1.78. The van der Waals surface area contributed by atoms with Gasteiger partial charge in [-0.15, -0.1) is 0 Å². The Hall–Kier alpha value is -1.73. The van der Waals surface area contributed by atoms with Crippen molar-refractivity contribution in [1.29, 1.82) is 0 Å². The van der Waals surface area contributed by atoms with E-state index in [2.05, 4.69) is 15.1 Å². The van der Waals surface area contributed by atoms with Gasteiger partial charge in [-0.05, 0) is 40.6 Å². The second kappa shape index (κ2) is 4.64. The van der Waals surface area contributed by atoms with Gasteiger partial charge in [0.2, 0.25) is 5.95 Å². The minimum Gasteiger partial charge on any atom is -0.399 e. The molecule has 1 aliphatic heterocycles. The summed E-state index contributed by atoms with van der Waals surface area (Å²) in [5, 5.41) is 3.73. The number of aromatic nitrogens is 4. The Morgan fingerprint density at radius 1 is 1.19 bits per heavy atom. The van der Waals surface area contributed by atoms with E-state index in [0.29, 0.717) is 0 Å². The van der Waals surface area contributed by atoms with Gasteiger partial charge in [0.25, 0.3) is 0 Å². The lowest BCUT2D eigenvalue weighted by Gasteiger charge is -2.32. The Balaban J connectivity index is 2.05. The zero-order chi connectivity index (χ0) is 21.2. The lowest BCUT2D eigenvalue weighted by Crippen LogP contribution is -2.41. The molecule has 0 unspecified atom stereocenters. The normalized spacial score (nSPS) is 25.3. The first kappa shape index (κ1) is 8.05. The van der Waals surface area contributed by atoms with Gasteiger partial charge in [-0.1, -0.05) is 0 Å². The van der Waals surface area contributed by atoms with Gasteiger partial charge in [-0.25, -0.2) is 14.6 Å². The minimum absolute atomic E-state index is 0.0169. The standard InChI is InChI=1S/C14H19BN4O2/c1-10-6-7-19(18-10)12-16-8-11(9-17-12)15-20-13(2,3)14(4,5)21-15/h6-9H,1-5H3/i1D3,6D,7D,8D,9D. The zero-order valence-electron chi connectivity index (χ0n) is 19.2. The van der Waals surface area contributed by atoms with Gasteiger partial charge in [0, 0.05) is 28.1 Å². The molecule has 6 nitrogen and oxygen atoms in total. The highest BCUT2D eigenvalue weighted by Gasteiger charge is 2.51. The maximum absolute atomic E-state index is 8.19. The summed E-state index contributed by atoms with van der Waals surface area (Å²) in [7, 11) is -1.02. The van der Waals surface area contributed by atoms with E-state index in [1.165, 1.54) is 0 Å². The quantitative estimate of drug-likeness (QED) is 0.780. The lowest BCUT2D eigenvalue weighted by atomic mass is 9.81. The van der Waals surface area contributed by atoms with E-state index in [-0.39, 0.29) is 23.8 Å². The molecule has 0 spiro atoms. The van der Waals surface area contributed by atoms with Crippen molar-refractivity contribution in [3.63, 3.8) is 0 Å². The average Bonchev–Trinajstić information content (AvgIpc) is 2.91. The minimum atomic E-state index is -2.69. The molecular weight excluding hydrogens is 267 g/mol. The summed E-state index contributed by atoms with van der Waals surface area (Å²) in [4.78, 5) is 7.86. The van der Waals surface area contributed by atoms with Crippen LogP contribution in [-0.4, -0.2) is 38.1 Å². The molecule has 1 fully saturated rings. The first-order valence-corrected chi connectivity index (χ1v) is 6.43. The molecule has 3 rings (SSSR count). The molecule has 0 radical (unpaired) electrons. The van der Waals surface area contributed by atoms with Gasteiger partial charge in [-0.2, -0.15) is 5.10 Å². The maximum atomic E-state index is 8.19. The SMILES string of the molecule is [2H]c1nc(-n2nc(C([2H])([2H])[2H])c([2H])c2[2H])nc([2H])c1B1OC(C)(C)C(C)(C)O1. The first-order chi connectivity index (χ1) is 12.7. The average molecular weight is 293 g/mol. The largest absolute Gasteiger partial charge is 0.498 e. The fraction of sp³-hybridized carbons (Fsp3) is 0.500. The molecule has 2 aromatic heterocycles. The summed E-state index contributed by atoms with van der Waals surface area (Å²) >= 11 is 0. The summed E-state index contributed by atoms with van der Waals surface area (Å²) in [5.74, 6) is -0.343. The Kier molecular flexibility index (Phi) is 1.78. The van der Waals surface area contributed by atoms with Gasteiger partial charge >= 0.3 is 7.12 Å². The van der Waals surface area contributed by atoms with Crippen molar-refractivity contribution in [1.82, 2.24) is 19.7 Å². The molecule has 0 amide bonds. The number of aryl methyl sites for hydroxylation is 1. The smallest absolute Gasteiger partial charge is 0.399 e. The van der Waals surface area contributed by atoms with Crippen LogP contribution in [0, 0.1) is 6.85 Å². The van der Waals surface area contributed by atoms with Gasteiger partial charge in [0.1, 0.15) is 0 Å². The monoisotopic (exact) mass is 293 g/mol. The Morgan fingerprint density at radius 3 is 2.33 bits per heavy atom. The van der Waals surface area contributed by atoms with Crippen LogP contribution in [0.15, 0.2) is 24.6 Å². The molecule has 1 saturated heterocycles. The van der Waals surface area contributed by atoms with Gasteiger partial charge in [0.05, 0.1) is 22.4 Å². The predicted octanol–water partition coefficient (Wildman–Crippen LogP) is 1.27. The number of rotatable bonds is 2. The summed E-state index contributed by atoms with van der Waals surface area (Å²) in [6.07, 6.45) is -1.29. The molecule has 0 aromatic carbocycles. The third kappa shape index (κ3) is 2.47. The number of hydrogen-bond acceptors (Lipinski definition) is 5. The van der Waals surface area contributed by atoms with Crippen LogP contribution >= 0.6 is 0 Å².